The Kier molecular flexibility index (Phi) is 7.08. The fourth-order valence-electron chi connectivity index (χ4n) is 5.21. The van der Waals surface area contributed by atoms with Crippen LogP contribution in [0.3, 0.4) is 0 Å². The van der Waals surface area contributed by atoms with Gasteiger partial charge in [-0.2, -0.15) is 0 Å². The van der Waals surface area contributed by atoms with E-state index < -0.39 is 0 Å². The summed E-state index contributed by atoms with van der Waals surface area (Å²) in [5, 5.41) is 13.2. The van der Waals surface area contributed by atoms with Crippen LogP contribution in [0.5, 0.6) is 0 Å². The number of aromatic nitrogens is 1. The van der Waals surface area contributed by atoms with E-state index in [2.05, 4.69) is 39.2 Å². The molecule has 0 radical (unpaired) electrons. The highest BCUT2D eigenvalue weighted by molar-refractivity contribution is 5.89. The van der Waals surface area contributed by atoms with Crippen molar-refractivity contribution in [3.63, 3.8) is 0 Å². The van der Waals surface area contributed by atoms with Gasteiger partial charge in [-0.1, -0.05) is 42.3 Å². The highest BCUT2D eigenvalue weighted by atomic mass is 16.3. The Morgan fingerprint density at radius 3 is 2.49 bits per heavy atom. The number of hydrogen-bond donors (Lipinski definition) is 2. The number of carbonyl (C=O) groups is 1. The Morgan fingerprint density at radius 1 is 0.971 bits per heavy atom. The Morgan fingerprint density at radius 2 is 1.74 bits per heavy atom. The van der Waals surface area contributed by atoms with Crippen molar-refractivity contribution in [2.75, 3.05) is 31.6 Å². The lowest BCUT2D eigenvalue weighted by Gasteiger charge is -2.57. The topological polar surface area (TPSA) is 68.7 Å². The van der Waals surface area contributed by atoms with Crippen LogP contribution in [0.15, 0.2) is 79.0 Å². The summed E-state index contributed by atoms with van der Waals surface area (Å²) < 4.78 is 0. The SMILES string of the molecule is O=C(Nc1ccccc1)N1CCCCN2[C@@H](CO)[C@H](c3ccc(C#Cc4ccccn4)cc3)[C@@H]2C1. The molecule has 178 valence electrons. The number of aliphatic hydroxyl groups excluding tert-OH is 1. The number of fused-ring (bicyclic) bond motifs is 1. The monoisotopic (exact) mass is 466 g/mol. The van der Waals surface area contributed by atoms with Crippen molar-refractivity contribution in [2.24, 2.45) is 0 Å². The van der Waals surface area contributed by atoms with E-state index in [1.54, 1.807) is 6.20 Å². The molecule has 0 spiro atoms. The molecule has 2 aromatic carbocycles. The molecule has 2 N–H and O–H groups in total. The minimum absolute atomic E-state index is 0.0654. The smallest absolute Gasteiger partial charge is 0.321 e. The molecule has 0 unspecified atom stereocenters. The van der Waals surface area contributed by atoms with E-state index in [0.29, 0.717) is 6.54 Å². The van der Waals surface area contributed by atoms with E-state index in [4.69, 9.17) is 0 Å². The standard InChI is InChI=1S/C29H30N4O2/c34-21-27-28(23-14-11-22(12-15-23)13-16-24-8-4-5-17-30-24)26-20-32(18-6-7-19-33(26)27)29(35)31-25-9-2-1-3-10-25/h1-5,8-12,14-15,17,26-28,34H,6-7,18-21H2,(H,31,35)/t26-,27-,28+/m0/s1. The third-order valence-electron chi connectivity index (χ3n) is 6.98. The number of anilines is 1. The lowest BCUT2D eigenvalue weighted by atomic mass is 9.74. The molecule has 3 atom stereocenters. The van der Waals surface area contributed by atoms with Crippen molar-refractivity contribution in [1.82, 2.24) is 14.8 Å². The first-order chi connectivity index (χ1) is 17.2. The summed E-state index contributed by atoms with van der Waals surface area (Å²) in [5.41, 5.74) is 3.66. The number of carbonyl (C=O) groups excluding carboxylic acids is 1. The average molecular weight is 467 g/mol. The average Bonchev–Trinajstić information content (AvgIpc) is 2.88. The molecule has 2 saturated heterocycles. The van der Waals surface area contributed by atoms with Crippen molar-refractivity contribution in [3.8, 4) is 11.8 Å². The summed E-state index contributed by atoms with van der Waals surface area (Å²) in [4.78, 5) is 21.6. The highest BCUT2D eigenvalue weighted by Gasteiger charge is 2.49. The molecule has 3 aromatic rings. The van der Waals surface area contributed by atoms with E-state index in [-0.39, 0.29) is 30.6 Å². The zero-order valence-electron chi connectivity index (χ0n) is 19.7. The van der Waals surface area contributed by atoms with Gasteiger partial charge in [-0.05, 0) is 67.3 Å². The first-order valence-electron chi connectivity index (χ1n) is 12.2. The van der Waals surface area contributed by atoms with E-state index in [0.717, 1.165) is 42.9 Å². The lowest BCUT2D eigenvalue weighted by Crippen LogP contribution is -2.68. The number of para-hydroxylation sites is 1. The molecule has 1 aromatic heterocycles. The third kappa shape index (κ3) is 5.22. The fraction of sp³-hybridized carbons (Fsp3) is 0.310. The van der Waals surface area contributed by atoms with Crippen molar-refractivity contribution in [3.05, 3.63) is 95.8 Å². The maximum absolute atomic E-state index is 13.1. The van der Waals surface area contributed by atoms with Gasteiger partial charge >= 0.3 is 6.03 Å². The summed E-state index contributed by atoms with van der Waals surface area (Å²) in [7, 11) is 0. The molecule has 35 heavy (non-hydrogen) atoms. The van der Waals surface area contributed by atoms with Crippen molar-refractivity contribution in [2.45, 2.75) is 30.8 Å². The summed E-state index contributed by atoms with van der Waals surface area (Å²) in [6.07, 6.45) is 3.71. The highest BCUT2D eigenvalue weighted by Crippen LogP contribution is 2.42. The number of aliphatic hydroxyl groups is 1. The molecule has 3 heterocycles. The minimum Gasteiger partial charge on any atom is -0.395 e. The molecule has 2 fully saturated rings. The molecule has 0 saturated carbocycles. The van der Waals surface area contributed by atoms with Crippen molar-refractivity contribution < 1.29 is 9.90 Å². The molecule has 6 heteroatoms. The third-order valence-corrected chi connectivity index (χ3v) is 6.98. The maximum atomic E-state index is 13.1. The van der Waals surface area contributed by atoms with Gasteiger partial charge in [0.15, 0.2) is 0 Å². The Balaban J connectivity index is 1.32. The van der Waals surface area contributed by atoms with Gasteiger partial charge in [-0.25, -0.2) is 9.78 Å². The molecule has 5 rings (SSSR count). The van der Waals surface area contributed by atoms with Crippen LogP contribution in [0.4, 0.5) is 10.5 Å². The summed E-state index contributed by atoms with van der Waals surface area (Å²) in [6.45, 7) is 2.44. The van der Waals surface area contributed by atoms with Crippen LogP contribution in [0, 0.1) is 11.8 Å². The van der Waals surface area contributed by atoms with Gasteiger partial charge in [0.05, 0.1) is 6.61 Å². The summed E-state index contributed by atoms with van der Waals surface area (Å²) in [5.74, 6) is 6.44. The minimum atomic E-state index is -0.0654. The maximum Gasteiger partial charge on any atom is 0.321 e. The summed E-state index contributed by atoms with van der Waals surface area (Å²) >= 11 is 0. The van der Waals surface area contributed by atoms with Crippen molar-refractivity contribution >= 4 is 11.7 Å². The molecule has 6 nitrogen and oxygen atoms in total. The second-order valence-corrected chi connectivity index (χ2v) is 9.12. The fourth-order valence-corrected chi connectivity index (χ4v) is 5.21. The lowest BCUT2D eigenvalue weighted by molar-refractivity contribution is -0.0585. The number of amides is 2. The van der Waals surface area contributed by atoms with E-state index in [1.807, 2.05) is 65.6 Å². The molecular weight excluding hydrogens is 436 g/mol. The quantitative estimate of drug-likeness (QED) is 0.574. The second-order valence-electron chi connectivity index (χ2n) is 9.12. The van der Waals surface area contributed by atoms with Gasteiger partial charge in [-0.15, -0.1) is 0 Å². The van der Waals surface area contributed by atoms with Gasteiger partial charge in [-0.3, -0.25) is 4.90 Å². The molecular formula is C29H30N4O2. The van der Waals surface area contributed by atoms with Gasteiger partial charge in [0, 0.05) is 48.5 Å². The number of pyridine rings is 1. The van der Waals surface area contributed by atoms with Crippen LogP contribution in [0.2, 0.25) is 0 Å². The van der Waals surface area contributed by atoms with Gasteiger partial charge in [0.1, 0.15) is 5.69 Å². The number of rotatable bonds is 3. The normalized spacial score (nSPS) is 22.0. The van der Waals surface area contributed by atoms with Crippen LogP contribution >= 0.6 is 0 Å². The Bertz CT molecular complexity index is 1190. The van der Waals surface area contributed by atoms with Crippen LogP contribution in [0.1, 0.15) is 35.6 Å². The van der Waals surface area contributed by atoms with Gasteiger partial charge < -0.3 is 15.3 Å². The number of nitrogens with zero attached hydrogens (tertiary/aromatic N) is 3. The molecule has 2 aliphatic heterocycles. The molecule has 0 aliphatic carbocycles. The molecule has 2 amide bonds. The first kappa shape index (κ1) is 23.1. The number of urea groups is 1. The van der Waals surface area contributed by atoms with Crippen LogP contribution in [0.25, 0.3) is 0 Å². The summed E-state index contributed by atoms with van der Waals surface area (Å²) in [6, 6.07) is 23.8. The first-order valence-corrected chi connectivity index (χ1v) is 12.2. The number of benzene rings is 2. The number of hydrogen-bond acceptors (Lipinski definition) is 4. The van der Waals surface area contributed by atoms with E-state index in [9.17, 15) is 9.90 Å². The van der Waals surface area contributed by atoms with Crippen LogP contribution < -0.4 is 5.32 Å². The Labute approximate surface area is 206 Å². The molecule has 2 aliphatic rings. The van der Waals surface area contributed by atoms with Gasteiger partial charge in [0.25, 0.3) is 0 Å². The van der Waals surface area contributed by atoms with Crippen LogP contribution in [-0.4, -0.2) is 64.2 Å². The predicted octanol–water partition coefficient (Wildman–Crippen LogP) is 3.94. The zero-order valence-corrected chi connectivity index (χ0v) is 19.7. The van der Waals surface area contributed by atoms with Crippen molar-refractivity contribution in [1.29, 1.82) is 0 Å². The zero-order chi connectivity index (χ0) is 24.0. The van der Waals surface area contributed by atoms with Crippen LogP contribution in [-0.2, 0) is 0 Å². The predicted molar refractivity (Wildman–Crippen MR) is 137 cm³/mol. The second kappa shape index (κ2) is 10.7. The Hall–Kier alpha value is -3.66. The molecule has 0 bridgehead atoms. The van der Waals surface area contributed by atoms with Gasteiger partial charge in [0.2, 0.25) is 0 Å². The van der Waals surface area contributed by atoms with E-state index in [1.165, 1.54) is 5.56 Å². The largest absolute Gasteiger partial charge is 0.395 e. The van der Waals surface area contributed by atoms with E-state index >= 15 is 0 Å². The number of nitrogens with one attached hydrogen (secondary N) is 1.